The Labute approximate surface area is 343 Å². The molecule has 0 spiro atoms. The van der Waals surface area contributed by atoms with E-state index in [1.807, 2.05) is 6.92 Å². The summed E-state index contributed by atoms with van der Waals surface area (Å²) < 4.78 is 10.8. The van der Waals surface area contributed by atoms with Crippen molar-refractivity contribution in [3.8, 4) is 5.75 Å². The summed E-state index contributed by atoms with van der Waals surface area (Å²) in [5.41, 5.74) is 0.723. The van der Waals surface area contributed by atoms with Crippen LogP contribution in [-0.2, 0) is 44.7 Å². The molecular weight excluding hydrogens is 746 g/mol. The molecule has 0 aliphatic carbocycles. The van der Waals surface area contributed by atoms with Crippen LogP contribution in [0.2, 0.25) is 0 Å². The van der Waals surface area contributed by atoms with E-state index in [-0.39, 0.29) is 25.3 Å². The highest BCUT2D eigenvalue weighted by atomic mass is 16.5. The first-order valence-corrected chi connectivity index (χ1v) is 20.4. The number of hydrogen-bond acceptors (Lipinski definition) is 10. The molecule has 1 saturated heterocycles. The van der Waals surface area contributed by atoms with Crippen molar-refractivity contribution in [2.24, 2.45) is 17.8 Å². The van der Waals surface area contributed by atoms with Gasteiger partial charge in [-0.1, -0.05) is 72.1 Å². The van der Waals surface area contributed by atoms with Crippen molar-refractivity contribution >= 4 is 41.4 Å². The molecule has 6 amide bonds. The molecule has 3 rings (SSSR count). The minimum Gasteiger partial charge on any atom is -0.497 e. The van der Waals surface area contributed by atoms with Gasteiger partial charge in [-0.05, 0) is 49.8 Å². The highest BCUT2D eigenvalue weighted by Crippen LogP contribution is 2.27. The summed E-state index contributed by atoms with van der Waals surface area (Å²) in [5.74, 6) is -4.21. The fourth-order valence-electron chi connectivity index (χ4n) is 8.00. The van der Waals surface area contributed by atoms with Gasteiger partial charge in [0.25, 0.3) is 11.8 Å². The first-order valence-electron chi connectivity index (χ1n) is 20.4. The zero-order valence-electron chi connectivity index (χ0n) is 36.1. The maximum atomic E-state index is 14.6. The lowest BCUT2D eigenvalue weighted by atomic mass is 9.91. The third kappa shape index (κ3) is 11.9. The summed E-state index contributed by atoms with van der Waals surface area (Å²) in [6.45, 7) is 13.6. The summed E-state index contributed by atoms with van der Waals surface area (Å²) in [6.07, 6.45) is 4.29. The van der Waals surface area contributed by atoms with E-state index in [0.717, 1.165) is 34.6 Å². The zero-order chi connectivity index (χ0) is 43.6. The van der Waals surface area contributed by atoms with Crippen molar-refractivity contribution in [3.05, 3.63) is 42.0 Å². The lowest BCUT2D eigenvalue weighted by Crippen LogP contribution is -2.62. The molecule has 322 valence electrons. The van der Waals surface area contributed by atoms with E-state index >= 15 is 0 Å². The summed E-state index contributed by atoms with van der Waals surface area (Å²) in [4.78, 5) is 101. The number of methoxy groups -OCH3 is 1. The van der Waals surface area contributed by atoms with Gasteiger partial charge in [0.05, 0.1) is 19.3 Å². The van der Waals surface area contributed by atoms with Crippen molar-refractivity contribution < 1.29 is 48.1 Å². The Balaban J connectivity index is 1.97. The Hall–Kier alpha value is -4.79. The Morgan fingerprint density at radius 3 is 2.16 bits per heavy atom. The van der Waals surface area contributed by atoms with Crippen molar-refractivity contribution in [2.75, 3.05) is 27.7 Å². The minimum absolute atomic E-state index is 0.0857. The zero-order valence-corrected chi connectivity index (χ0v) is 36.1. The van der Waals surface area contributed by atoms with Gasteiger partial charge in [0.15, 0.2) is 0 Å². The number of rotatable bonds is 19. The topological polar surface area (TPSA) is 183 Å². The molecule has 0 saturated carbocycles. The van der Waals surface area contributed by atoms with Gasteiger partial charge >= 0.3 is 5.97 Å². The second-order valence-corrected chi connectivity index (χ2v) is 16.4. The summed E-state index contributed by atoms with van der Waals surface area (Å²) in [7, 11) is 4.48. The number of benzene rings is 1. The van der Waals surface area contributed by atoms with E-state index in [9.17, 15) is 38.7 Å². The average molecular weight is 812 g/mol. The molecule has 58 heavy (non-hydrogen) atoms. The van der Waals surface area contributed by atoms with E-state index in [1.54, 1.807) is 58.2 Å². The summed E-state index contributed by atoms with van der Waals surface area (Å²) in [6, 6.07) is 1.58. The molecule has 15 nitrogen and oxygen atoms in total. The molecule has 2 heterocycles. The number of likely N-dealkylation sites (N-methyl/N-ethyl adjacent to an activating group) is 2. The van der Waals surface area contributed by atoms with Crippen LogP contribution in [-0.4, -0.2) is 136 Å². The van der Waals surface area contributed by atoms with Crippen molar-refractivity contribution in [3.63, 3.8) is 0 Å². The maximum absolute atomic E-state index is 14.6. The third-order valence-corrected chi connectivity index (χ3v) is 11.2. The van der Waals surface area contributed by atoms with Gasteiger partial charge in [-0.25, -0.2) is 0 Å². The molecule has 1 aromatic carbocycles. The van der Waals surface area contributed by atoms with E-state index in [2.05, 4.69) is 19.2 Å². The maximum Gasteiger partial charge on any atom is 0.302 e. The number of β-amino-alcohol motifs (C(OH)–C–C–N with tert-alkyl or cyclic N) is 1. The Morgan fingerprint density at radius 2 is 1.62 bits per heavy atom. The summed E-state index contributed by atoms with van der Waals surface area (Å²) >= 11 is 0. The normalized spacial score (nSPS) is 20.8. The third-order valence-electron chi connectivity index (χ3n) is 11.2. The number of nitrogens with one attached hydrogen (secondary N) is 1. The number of aliphatic hydroxyl groups is 1. The number of nitrogens with zero attached hydrogens (tertiary/aromatic N) is 4. The Kier molecular flexibility index (Phi) is 17.5. The smallest absolute Gasteiger partial charge is 0.302 e. The highest BCUT2D eigenvalue weighted by Gasteiger charge is 2.48. The van der Waals surface area contributed by atoms with Crippen molar-refractivity contribution in [1.29, 1.82) is 0 Å². The fourth-order valence-corrected chi connectivity index (χ4v) is 8.00. The Bertz CT molecular complexity index is 1660. The molecule has 1 fully saturated rings. The van der Waals surface area contributed by atoms with Crippen LogP contribution in [0.3, 0.4) is 0 Å². The number of hydrogen-bond donors (Lipinski definition) is 2. The molecule has 15 heteroatoms. The molecule has 2 aliphatic rings. The van der Waals surface area contributed by atoms with Crippen LogP contribution in [0.15, 0.2) is 36.4 Å². The molecule has 0 aromatic heterocycles. The quantitative estimate of drug-likeness (QED) is 0.156. The monoisotopic (exact) mass is 811 g/mol. The average Bonchev–Trinajstić information content (AvgIpc) is 3.73. The number of carbonyl (C=O) groups excluding carboxylic acids is 7. The molecular formula is C43H65N5O10. The number of ether oxygens (including phenoxy) is 2. The number of esters is 1. The van der Waals surface area contributed by atoms with Gasteiger partial charge in [0.2, 0.25) is 23.6 Å². The van der Waals surface area contributed by atoms with E-state index in [1.165, 1.54) is 43.9 Å². The van der Waals surface area contributed by atoms with Crippen molar-refractivity contribution in [2.45, 2.75) is 136 Å². The first-order chi connectivity index (χ1) is 27.2. The molecule has 0 unspecified atom stereocenters. The van der Waals surface area contributed by atoms with Crippen LogP contribution in [0.5, 0.6) is 5.75 Å². The number of imide groups is 1. The van der Waals surface area contributed by atoms with Crippen LogP contribution < -0.4 is 10.1 Å². The van der Waals surface area contributed by atoms with Crippen LogP contribution in [0.4, 0.5) is 0 Å². The SMILES string of the molecule is CCCC[C@H](C)C[C@@H](C)C(=O)N(C)[C@@H](Cc1ccc(OC)cc1)C(=O)N[C@H](C(=O)N(C)[C@H](C(=O)N1C[C@@H](O)C[C@H]1C(=O)N1C(=O)C=C[C@@H]1C)C(C)C)[C@@H](C)OC(C)=O. The first kappa shape index (κ1) is 47.6. The van der Waals surface area contributed by atoms with Gasteiger partial charge in [-0.3, -0.25) is 38.5 Å². The van der Waals surface area contributed by atoms with Gasteiger partial charge in [0, 0.05) is 52.4 Å². The van der Waals surface area contributed by atoms with Gasteiger partial charge in [-0.15, -0.1) is 0 Å². The van der Waals surface area contributed by atoms with Crippen LogP contribution in [0.25, 0.3) is 0 Å². The van der Waals surface area contributed by atoms with Gasteiger partial charge in [0.1, 0.15) is 36.0 Å². The van der Waals surface area contributed by atoms with E-state index in [0.29, 0.717) is 18.1 Å². The lowest BCUT2D eigenvalue weighted by Gasteiger charge is -2.38. The number of unbranched alkanes of at least 4 members (excludes halogenated alkanes) is 1. The second kappa shape index (κ2) is 21.3. The fraction of sp³-hybridized carbons (Fsp3) is 0.651. The van der Waals surface area contributed by atoms with Gasteiger partial charge < -0.3 is 34.6 Å². The lowest BCUT2D eigenvalue weighted by molar-refractivity contribution is -0.157. The molecule has 2 N–H and O–H groups in total. The second-order valence-electron chi connectivity index (χ2n) is 16.4. The van der Waals surface area contributed by atoms with Crippen LogP contribution in [0, 0.1) is 17.8 Å². The van der Waals surface area contributed by atoms with Crippen LogP contribution in [0.1, 0.15) is 93.1 Å². The largest absolute Gasteiger partial charge is 0.497 e. The molecule has 2 aliphatic heterocycles. The summed E-state index contributed by atoms with van der Waals surface area (Å²) in [5, 5.41) is 13.4. The molecule has 9 atom stereocenters. The van der Waals surface area contributed by atoms with Gasteiger partial charge in [-0.2, -0.15) is 0 Å². The van der Waals surface area contributed by atoms with Crippen molar-refractivity contribution in [1.82, 2.24) is 24.9 Å². The minimum atomic E-state index is -1.50. The number of aliphatic hydroxyl groups excluding tert-OH is 1. The molecule has 0 radical (unpaired) electrons. The Morgan fingerprint density at radius 1 is 0.983 bits per heavy atom. The number of likely N-dealkylation sites (tertiary alicyclic amines) is 1. The highest BCUT2D eigenvalue weighted by molar-refractivity contribution is 6.06. The number of amides is 6. The molecule has 0 bridgehead atoms. The van der Waals surface area contributed by atoms with E-state index in [4.69, 9.17) is 9.47 Å². The van der Waals surface area contributed by atoms with E-state index < -0.39 is 89.8 Å². The standard InChI is InChI=1S/C43H65N5O10/c1-12-13-14-26(4)21-27(5)40(53)45(9)34(22-31-16-18-33(57-11)19-17-31)39(52)44-37(29(7)58-30(8)49)42(55)46(10)38(25(2)3)43(56)47-24-32(50)23-35(47)41(54)48-28(6)15-20-36(48)51/h15-20,25-29,32,34-35,37-38,50H,12-14,21-24H2,1-11H3,(H,44,52)/t26-,27+,28-,29+,32-,34-,35-,37-,38-/m0/s1. The predicted octanol–water partition coefficient (Wildman–Crippen LogP) is 3.11. The predicted molar refractivity (Wildman–Crippen MR) is 217 cm³/mol. The van der Waals surface area contributed by atoms with Crippen LogP contribution >= 0.6 is 0 Å². The molecule has 1 aromatic rings. The number of carbonyl (C=O) groups is 7.